The van der Waals surface area contributed by atoms with Gasteiger partial charge in [-0.05, 0) is 49.5 Å². The summed E-state index contributed by atoms with van der Waals surface area (Å²) >= 11 is 6.24. The van der Waals surface area contributed by atoms with E-state index < -0.39 is 0 Å². The van der Waals surface area contributed by atoms with Crippen LogP contribution in [0.3, 0.4) is 0 Å². The largest absolute Gasteiger partial charge is 0.359 e. The van der Waals surface area contributed by atoms with E-state index in [0.717, 1.165) is 42.1 Å². The van der Waals surface area contributed by atoms with Gasteiger partial charge in [-0.25, -0.2) is 0 Å². The number of nitrogens with one attached hydrogen (secondary N) is 2. The number of hydrogen-bond acceptors (Lipinski definition) is 4. The first-order valence-electron chi connectivity index (χ1n) is 9.96. The lowest BCUT2D eigenvalue weighted by Gasteiger charge is -2.29. The van der Waals surface area contributed by atoms with Gasteiger partial charge in [0.15, 0.2) is 11.7 Å². The Bertz CT molecular complexity index is 789. The predicted molar refractivity (Wildman–Crippen MR) is 129 cm³/mol. The van der Waals surface area contributed by atoms with Crippen molar-refractivity contribution in [3.63, 3.8) is 0 Å². The molecular formula is C21H31ClIN5O. The Morgan fingerprint density at radius 1 is 1.24 bits per heavy atom. The molecule has 1 unspecified atom stereocenters. The molecule has 1 aliphatic heterocycles. The summed E-state index contributed by atoms with van der Waals surface area (Å²) in [6, 6.07) is 10.4. The van der Waals surface area contributed by atoms with E-state index in [0.29, 0.717) is 12.5 Å². The van der Waals surface area contributed by atoms with Crippen LogP contribution in [0.2, 0.25) is 5.02 Å². The summed E-state index contributed by atoms with van der Waals surface area (Å²) in [5.41, 5.74) is 2.20. The van der Waals surface area contributed by atoms with Crippen LogP contribution in [0.1, 0.15) is 55.7 Å². The van der Waals surface area contributed by atoms with Crippen molar-refractivity contribution < 1.29 is 4.52 Å². The van der Waals surface area contributed by atoms with Gasteiger partial charge < -0.3 is 15.2 Å². The number of hydrogen-bond donors (Lipinski definition) is 2. The number of aromatic nitrogens is 1. The van der Waals surface area contributed by atoms with Gasteiger partial charge >= 0.3 is 0 Å². The lowest BCUT2D eigenvalue weighted by molar-refractivity contribution is 0.245. The quantitative estimate of drug-likeness (QED) is 0.311. The molecule has 0 amide bonds. The maximum atomic E-state index is 6.24. The summed E-state index contributed by atoms with van der Waals surface area (Å²) in [6.45, 7) is 7.73. The second-order valence-corrected chi connectivity index (χ2v) is 7.93. The normalized spacial score (nSPS) is 16.0. The van der Waals surface area contributed by atoms with E-state index in [1.54, 1.807) is 7.05 Å². The molecule has 1 fully saturated rings. The fourth-order valence-electron chi connectivity index (χ4n) is 3.49. The first-order chi connectivity index (χ1) is 13.6. The SMILES string of the molecule is CN=C(NCc1cc(C(C)C)no1)NCC(c1cccc(Cl)c1)N1CCCC1.I. The molecule has 0 saturated carbocycles. The summed E-state index contributed by atoms with van der Waals surface area (Å²) in [5, 5.41) is 11.6. The molecule has 8 heteroatoms. The summed E-state index contributed by atoms with van der Waals surface area (Å²) < 4.78 is 5.39. The third-order valence-corrected chi connectivity index (χ3v) is 5.34. The van der Waals surface area contributed by atoms with Crippen molar-refractivity contribution in [1.29, 1.82) is 0 Å². The van der Waals surface area contributed by atoms with E-state index in [9.17, 15) is 0 Å². The molecule has 2 heterocycles. The highest BCUT2D eigenvalue weighted by molar-refractivity contribution is 14.0. The average molecular weight is 532 g/mol. The Morgan fingerprint density at radius 3 is 2.62 bits per heavy atom. The number of guanidine groups is 1. The van der Waals surface area contributed by atoms with Crippen LogP contribution in [0.25, 0.3) is 0 Å². The Hall–Kier alpha value is -1.32. The third-order valence-electron chi connectivity index (χ3n) is 5.10. The molecule has 1 aromatic heterocycles. The van der Waals surface area contributed by atoms with Crippen LogP contribution in [0.5, 0.6) is 0 Å². The summed E-state index contributed by atoms with van der Waals surface area (Å²) in [6.07, 6.45) is 2.49. The van der Waals surface area contributed by atoms with Crippen LogP contribution in [-0.4, -0.2) is 42.7 Å². The number of benzene rings is 1. The highest BCUT2D eigenvalue weighted by Crippen LogP contribution is 2.26. The van der Waals surface area contributed by atoms with E-state index >= 15 is 0 Å². The minimum atomic E-state index is 0. The van der Waals surface area contributed by atoms with Crippen LogP contribution in [0, 0.1) is 0 Å². The summed E-state index contributed by atoms with van der Waals surface area (Å²) in [5.74, 6) is 1.90. The fourth-order valence-corrected chi connectivity index (χ4v) is 3.69. The van der Waals surface area contributed by atoms with Crippen LogP contribution < -0.4 is 10.6 Å². The van der Waals surface area contributed by atoms with E-state index in [2.05, 4.69) is 51.7 Å². The van der Waals surface area contributed by atoms with Gasteiger partial charge in [-0.2, -0.15) is 0 Å². The Morgan fingerprint density at radius 2 is 2.00 bits per heavy atom. The van der Waals surface area contributed by atoms with Gasteiger partial charge in [0.25, 0.3) is 0 Å². The number of halogens is 2. The molecule has 2 N–H and O–H groups in total. The molecule has 0 aliphatic carbocycles. The molecule has 6 nitrogen and oxygen atoms in total. The Kier molecular flexibility index (Phi) is 9.71. The minimum absolute atomic E-state index is 0. The zero-order valence-corrected chi connectivity index (χ0v) is 20.4. The second-order valence-electron chi connectivity index (χ2n) is 7.49. The first kappa shape index (κ1) is 24.0. The van der Waals surface area contributed by atoms with Crippen LogP contribution in [0.15, 0.2) is 39.8 Å². The Labute approximate surface area is 195 Å². The fraction of sp³-hybridized carbons (Fsp3) is 0.524. The third kappa shape index (κ3) is 6.86. The molecule has 0 bridgehead atoms. The van der Waals surface area contributed by atoms with E-state index in [4.69, 9.17) is 16.1 Å². The van der Waals surface area contributed by atoms with Crippen molar-refractivity contribution in [3.8, 4) is 0 Å². The number of likely N-dealkylation sites (tertiary alicyclic amines) is 1. The maximum Gasteiger partial charge on any atom is 0.191 e. The number of nitrogens with zero attached hydrogens (tertiary/aromatic N) is 3. The molecule has 3 rings (SSSR count). The monoisotopic (exact) mass is 531 g/mol. The number of aliphatic imine (C=N–C) groups is 1. The van der Waals surface area contributed by atoms with Gasteiger partial charge in [0.2, 0.25) is 0 Å². The van der Waals surface area contributed by atoms with Gasteiger partial charge in [0.05, 0.1) is 18.3 Å². The highest BCUT2D eigenvalue weighted by atomic mass is 127. The van der Waals surface area contributed by atoms with Crippen molar-refractivity contribution in [2.75, 3.05) is 26.7 Å². The van der Waals surface area contributed by atoms with Crippen molar-refractivity contribution in [2.24, 2.45) is 4.99 Å². The molecule has 1 aromatic carbocycles. The van der Waals surface area contributed by atoms with Gasteiger partial charge in [-0.1, -0.05) is 42.7 Å². The van der Waals surface area contributed by atoms with Crippen LogP contribution >= 0.6 is 35.6 Å². The standard InChI is InChI=1S/C21H30ClN5O.HI/c1-15(2)19-12-18(28-26-19)13-24-21(23-3)25-14-20(27-9-4-5-10-27)16-7-6-8-17(22)11-16;/h6-8,11-12,15,20H,4-5,9-10,13-14H2,1-3H3,(H2,23,24,25);1H. The molecule has 29 heavy (non-hydrogen) atoms. The Balaban J connectivity index is 0.00000300. The van der Waals surface area contributed by atoms with Crippen molar-refractivity contribution in [2.45, 2.75) is 45.2 Å². The molecule has 160 valence electrons. The van der Waals surface area contributed by atoms with E-state index in [-0.39, 0.29) is 30.0 Å². The van der Waals surface area contributed by atoms with Crippen LogP contribution in [0.4, 0.5) is 0 Å². The smallest absolute Gasteiger partial charge is 0.191 e. The van der Waals surface area contributed by atoms with Crippen molar-refractivity contribution >= 4 is 41.5 Å². The molecular weight excluding hydrogens is 501 g/mol. The molecule has 1 atom stereocenters. The highest BCUT2D eigenvalue weighted by Gasteiger charge is 2.24. The van der Waals surface area contributed by atoms with Crippen molar-refractivity contribution in [1.82, 2.24) is 20.7 Å². The lowest BCUT2D eigenvalue weighted by atomic mass is 10.1. The summed E-state index contributed by atoms with van der Waals surface area (Å²) in [7, 11) is 1.78. The molecule has 1 aliphatic rings. The lowest BCUT2D eigenvalue weighted by Crippen LogP contribution is -2.42. The predicted octanol–water partition coefficient (Wildman–Crippen LogP) is 4.57. The zero-order valence-electron chi connectivity index (χ0n) is 17.3. The zero-order chi connectivity index (χ0) is 19.9. The van der Waals surface area contributed by atoms with Gasteiger partial charge in [0, 0.05) is 24.7 Å². The van der Waals surface area contributed by atoms with E-state index in [1.165, 1.54) is 18.4 Å². The maximum absolute atomic E-state index is 6.24. The van der Waals surface area contributed by atoms with Gasteiger partial charge in [-0.3, -0.25) is 9.89 Å². The van der Waals surface area contributed by atoms with Crippen molar-refractivity contribution in [3.05, 3.63) is 52.4 Å². The first-order valence-corrected chi connectivity index (χ1v) is 10.3. The molecule has 1 saturated heterocycles. The molecule has 0 spiro atoms. The second kappa shape index (κ2) is 11.8. The minimum Gasteiger partial charge on any atom is -0.359 e. The molecule has 0 radical (unpaired) electrons. The van der Waals surface area contributed by atoms with Gasteiger partial charge in [-0.15, -0.1) is 24.0 Å². The number of rotatable bonds is 7. The van der Waals surface area contributed by atoms with E-state index in [1.807, 2.05) is 18.2 Å². The molecule has 2 aromatic rings. The summed E-state index contributed by atoms with van der Waals surface area (Å²) in [4.78, 5) is 6.85. The average Bonchev–Trinajstić information content (AvgIpc) is 3.36. The van der Waals surface area contributed by atoms with Gasteiger partial charge in [0.1, 0.15) is 0 Å². The topological polar surface area (TPSA) is 65.7 Å². The van der Waals surface area contributed by atoms with Crippen LogP contribution in [-0.2, 0) is 6.54 Å².